The van der Waals surface area contributed by atoms with Gasteiger partial charge in [0.25, 0.3) is 0 Å². The van der Waals surface area contributed by atoms with E-state index in [-0.39, 0.29) is 6.79 Å². The summed E-state index contributed by atoms with van der Waals surface area (Å²) < 4.78 is 4.76. The third-order valence-electron chi connectivity index (χ3n) is 1.33. The molecule has 12 heavy (non-hydrogen) atoms. The number of pyridine rings is 1. The van der Waals surface area contributed by atoms with E-state index in [0.29, 0.717) is 12.4 Å². The van der Waals surface area contributed by atoms with E-state index in [1.54, 1.807) is 12.3 Å². The van der Waals surface area contributed by atoms with Crippen molar-refractivity contribution in [1.29, 1.82) is 0 Å². The van der Waals surface area contributed by atoms with Crippen LogP contribution in [0.25, 0.3) is 0 Å². The molecule has 0 amide bonds. The zero-order valence-corrected chi connectivity index (χ0v) is 6.53. The molecule has 0 saturated heterocycles. The van der Waals surface area contributed by atoms with E-state index in [1.165, 1.54) is 0 Å². The summed E-state index contributed by atoms with van der Waals surface area (Å²) >= 11 is 0. The minimum absolute atomic E-state index is 0.281. The average molecular weight is 169 g/mol. The standard InChI is InChI=1S/C7H11N3O2/c8-10-7-2-1-6(3-9-7)4-12-5-11/h1-3,11H,4-5,8H2,(H,9,10). The number of hydrogen-bond donors (Lipinski definition) is 3. The summed E-state index contributed by atoms with van der Waals surface area (Å²) in [6.07, 6.45) is 1.63. The molecule has 1 heterocycles. The van der Waals surface area contributed by atoms with Crippen molar-refractivity contribution >= 4 is 5.82 Å². The van der Waals surface area contributed by atoms with Crippen LogP contribution in [0.5, 0.6) is 0 Å². The van der Waals surface area contributed by atoms with E-state index >= 15 is 0 Å². The molecule has 1 aromatic heterocycles. The Morgan fingerprint density at radius 1 is 1.58 bits per heavy atom. The number of aromatic nitrogens is 1. The first-order valence-electron chi connectivity index (χ1n) is 3.47. The fourth-order valence-electron chi connectivity index (χ4n) is 0.759. The first-order chi connectivity index (χ1) is 5.86. The molecule has 0 aromatic carbocycles. The molecular formula is C7H11N3O2. The summed E-state index contributed by atoms with van der Waals surface area (Å²) in [5.41, 5.74) is 3.30. The van der Waals surface area contributed by atoms with E-state index < -0.39 is 0 Å². The van der Waals surface area contributed by atoms with Gasteiger partial charge in [-0.2, -0.15) is 0 Å². The van der Waals surface area contributed by atoms with Crippen LogP contribution in [0, 0.1) is 0 Å². The van der Waals surface area contributed by atoms with E-state index in [2.05, 4.69) is 10.4 Å². The van der Waals surface area contributed by atoms with Gasteiger partial charge < -0.3 is 15.3 Å². The predicted molar refractivity (Wildman–Crippen MR) is 43.9 cm³/mol. The van der Waals surface area contributed by atoms with Crippen molar-refractivity contribution in [2.45, 2.75) is 6.61 Å². The normalized spacial score (nSPS) is 9.83. The second kappa shape index (κ2) is 4.66. The third-order valence-corrected chi connectivity index (χ3v) is 1.33. The SMILES string of the molecule is NNc1ccc(COCO)cn1. The first-order valence-corrected chi connectivity index (χ1v) is 3.47. The molecule has 0 aliphatic rings. The zero-order chi connectivity index (χ0) is 8.81. The van der Waals surface area contributed by atoms with Crippen molar-refractivity contribution in [2.75, 3.05) is 12.2 Å². The molecule has 5 heteroatoms. The Morgan fingerprint density at radius 3 is 2.92 bits per heavy atom. The van der Waals surface area contributed by atoms with Crippen molar-refractivity contribution in [3.63, 3.8) is 0 Å². The van der Waals surface area contributed by atoms with Crippen LogP contribution in [0.2, 0.25) is 0 Å². The highest BCUT2D eigenvalue weighted by Gasteiger charge is 1.93. The van der Waals surface area contributed by atoms with E-state index in [0.717, 1.165) is 5.56 Å². The number of nitrogens with one attached hydrogen (secondary N) is 1. The molecule has 4 N–H and O–H groups in total. The lowest BCUT2D eigenvalue weighted by atomic mass is 10.3. The maximum absolute atomic E-state index is 8.35. The molecule has 0 saturated carbocycles. The Kier molecular flexibility index (Phi) is 3.46. The van der Waals surface area contributed by atoms with E-state index in [9.17, 15) is 0 Å². The number of aliphatic hydroxyl groups is 1. The summed E-state index contributed by atoms with van der Waals surface area (Å²) in [6.45, 7) is 0.0746. The first kappa shape index (κ1) is 8.92. The van der Waals surface area contributed by atoms with Crippen LogP contribution < -0.4 is 11.3 Å². The Hall–Kier alpha value is -1.17. The smallest absolute Gasteiger partial charge is 0.144 e. The Balaban J connectivity index is 2.53. The molecular weight excluding hydrogens is 158 g/mol. The van der Waals surface area contributed by atoms with E-state index in [4.69, 9.17) is 15.7 Å². The van der Waals surface area contributed by atoms with Gasteiger partial charge in [-0.1, -0.05) is 6.07 Å². The van der Waals surface area contributed by atoms with Gasteiger partial charge in [-0.05, 0) is 11.6 Å². The fourth-order valence-corrected chi connectivity index (χ4v) is 0.759. The summed E-state index contributed by atoms with van der Waals surface area (Å²) in [5, 5.41) is 8.35. The topological polar surface area (TPSA) is 80.4 Å². The van der Waals surface area contributed by atoms with Crippen molar-refractivity contribution in [3.8, 4) is 0 Å². The second-order valence-corrected chi connectivity index (χ2v) is 2.17. The zero-order valence-electron chi connectivity index (χ0n) is 6.53. The second-order valence-electron chi connectivity index (χ2n) is 2.17. The lowest BCUT2D eigenvalue weighted by Crippen LogP contribution is -2.08. The molecule has 66 valence electrons. The van der Waals surface area contributed by atoms with Crippen molar-refractivity contribution in [2.24, 2.45) is 5.84 Å². The molecule has 0 unspecified atom stereocenters. The highest BCUT2D eigenvalue weighted by atomic mass is 16.6. The number of nitrogens with zero attached hydrogens (tertiary/aromatic N) is 1. The minimum Gasteiger partial charge on any atom is -0.371 e. The van der Waals surface area contributed by atoms with Gasteiger partial charge in [0.05, 0.1) is 6.61 Å². The van der Waals surface area contributed by atoms with Gasteiger partial charge in [0, 0.05) is 6.20 Å². The minimum atomic E-state index is -0.281. The van der Waals surface area contributed by atoms with Crippen LogP contribution in [-0.4, -0.2) is 16.9 Å². The number of aliphatic hydroxyl groups excluding tert-OH is 1. The lowest BCUT2D eigenvalue weighted by Gasteiger charge is -2.01. The lowest BCUT2D eigenvalue weighted by molar-refractivity contribution is -0.0113. The highest BCUT2D eigenvalue weighted by Crippen LogP contribution is 2.04. The Labute approximate surface area is 70.1 Å². The van der Waals surface area contributed by atoms with Gasteiger partial charge in [0.1, 0.15) is 12.6 Å². The molecule has 5 nitrogen and oxygen atoms in total. The van der Waals surface area contributed by atoms with Crippen LogP contribution in [0.4, 0.5) is 5.82 Å². The fraction of sp³-hybridized carbons (Fsp3) is 0.286. The summed E-state index contributed by atoms with van der Waals surface area (Å²) in [4.78, 5) is 3.95. The van der Waals surface area contributed by atoms with Crippen LogP contribution in [0.15, 0.2) is 18.3 Å². The van der Waals surface area contributed by atoms with Gasteiger partial charge >= 0.3 is 0 Å². The van der Waals surface area contributed by atoms with Crippen LogP contribution in [0.3, 0.4) is 0 Å². The molecule has 0 bridgehead atoms. The maximum Gasteiger partial charge on any atom is 0.144 e. The monoisotopic (exact) mass is 169 g/mol. The number of rotatable bonds is 4. The largest absolute Gasteiger partial charge is 0.371 e. The number of nitrogens with two attached hydrogens (primary N) is 1. The van der Waals surface area contributed by atoms with Gasteiger partial charge in [-0.3, -0.25) is 0 Å². The summed E-state index contributed by atoms with van der Waals surface area (Å²) in [7, 11) is 0. The van der Waals surface area contributed by atoms with Crippen LogP contribution in [0.1, 0.15) is 5.56 Å². The molecule has 0 spiro atoms. The predicted octanol–water partition coefficient (Wildman–Crippen LogP) is -0.166. The van der Waals surface area contributed by atoms with Gasteiger partial charge in [0.2, 0.25) is 0 Å². The maximum atomic E-state index is 8.35. The summed E-state index contributed by atoms with van der Waals surface area (Å²) in [6, 6.07) is 3.55. The quantitative estimate of drug-likeness (QED) is 0.331. The number of anilines is 1. The number of ether oxygens (including phenoxy) is 1. The molecule has 0 atom stereocenters. The Bertz CT molecular complexity index is 225. The van der Waals surface area contributed by atoms with E-state index in [1.807, 2.05) is 6.07 Å². The molecule has 0 aliphatic heterocycles. The molecule has 0 radical (unpaired) electrons. The van der Waals surface area contributed by atoms with Crippen molar-refractivity contribution < 1.29 is 9.84 Å². The third kappa shape index (κ3) is 2.46. The van der Waals surface area contributed by atoms with Crippen molar-refractivity contribution in [1.82, 2.24) is 4.98 Å². The van der Waals surface area contributed by atoms with Crippen LogP contribution >= 0.6 is 0 Å². The molecule has 0 aliphatic carbocycles. The number of hydrazine groups is 1. The summed E-state index contributed by atoms with van der Waals surface area (Å²) in [5.74, 6) is 5.72. The van der Waals surface area contributed by atoms with Gasteiger partial charge in [0.15, 0.2) is 0 Å². The Morgan fingerprint density at radius 2 is 2.42 bits per heavy atom. The molecule has 0 fully saturated rings. The number of nitrogen functional groups attached to an aromatic ring is 1. The highest BCUT2D eigenvalue weighted by molar-refractivity contribution is 5.33. The van der Waals surface area contributed by atoms with Crippen LogP contribution in [-0.2, 0) is 11.3 Å². The molecule has 1 aromatic rings. The van der Waals surface area contributed by atoms with Gasteiger partial charge in [-0.25, -0.2) is 10.8 Å². The van der Waals surface area contributed by atoms with Gasteiger partial charge in [-0.15, -0.1) is 0 Å². The molecule has 1 rings (SSSR count). The average Bonchev–Trinajstić information content (AvgIpc) is 2.15. The van der Waals surface area contributed by atoms with Crippen molar-refractivity contribution in [3.05, 3.63) is 23.9 Å². The number of hydrogen-bond acceptors (Lipinski definition) is 5.